The largest absolute Gasteiger partial charge is 0.508 e. The molecule has 0 unspecified atom stereocenters. The lowest BCUT2D eigenvalue weighted by molar-refractivity contribution is 0.294. The molecule has 7 heteroatoms. The van der Waals surface area contributed by atoms with Crippen molar-refractivity contribution in [2.75, 3.05) is 18.1 Å². The summed E-state index contributed by atoms with van der Waals surface area (Å²) >= 11 is 0. The van der Waals surface area contributed by atoms with E-state index in [2.05, 4.69) is 4.18 Å². The van der Waals surface area contributed by atoms with E-state index in [-0.39, 0.29) is 12.4 Å². The molecule has 0 heterocycles. The van der Waals surface area contributed by atoms with Crippen LogP contribution in [0, 0.1) is 6.92 Å². The summed E-state index contributed by atoms with van der Waals surface area (Å²) in [6, 6.07) is 5.06. The smallest absolute Gasteiger partial charge is 0.409 e. The number of rotatable bonds is 7. The van der Waals surface area contributed by atoms with Gasteiger partial charge in [-0.3, -0.25) is 0 Å². The number of benzene rings is 1. The second kappa shape index (κ2) is 6.80. The lowest BCUT2D eigenvalue weighted by Crippen LogP contribution is -2.18. The Morgan fingerprint density at radius 1 is 1.15 bits per heavy atom. The molecule has 1 rings (SSSR count). The van der Waals surface area contributed by atoms with E-state index in [1.807, 2.05) is 13.8 Å². The van der Waals surface area contributed by atoms with Gasteiger partial charge in [0.15, 0.2) is 0 Å². The average Bonchev–Trinajstić information content (AvgIpc) is 2.39. The normalized spacial score (nSPS) is 13.4. The maximum atomic E-state index is 11.8. The number of aromatic hydroxyl groups is 1. The van der Waals surface area contributed by atoms with E-state index < -0.39 is 20.7 Å². The first-order chi connectivity index (χ1) is 9.30. The average molecular weight is 322 g/mol. The van der Waals surface area contributed by atoms with Gasteiger partial charge in [0, 0.05) is 16.4 Å². The molecular formula is C13H22O5S2. The summed E-state index contributed by atoms with van der Waals surface area (Å²) in [5, 5.41) is 9.60. The van der Waals surface area contributed by atoms with Crippen LogP contribution in [0.3, 0.4) is 0 Å². The van der Waals surface area contributed by atoms with Crippen molar-refractivity contribution in [3.8, 4) is 5.75 Å². The minimum Gasteiger partial charge on any atom is -0.508 e. The molecular weight excluding hydrogens is 300 g/mol. The van der Waals surface area contributed by atoms with Gasteiger partial charge in [-0.15, -0.1) is 0 Å². The quantitative estimate of drug-likeness (QED) is 0.835. The molecule has 0 radical (unpaired) electrons. The number of aryl methyl sites for hydroxylation is 1. The fourth-order valence-electron chi connectivity index (χ4n) is 1.86. The second-order valence-electron chi connectivity index (χ2n) is 4.22. The Hall–Kier alpha value is -0.760. The second-order valence-corrected chi connectivity index (χ2v) is 9.07. The van der Waals surface area contributed by atoms with Gasteiger partial charge in [0.25, 0.3) is 0 Å². The van der Waals surface area contributed by atoms with Crippen LogP contribution in [-0.2, 0) is 18.2 Å². The Morgan fingerprint density at radius 2 is 1.75 bits per heavy atom. The Kier molecular flexibility index (Phi) is 5.88. The summed E-state index contributed by atoms with van der Waals surface area (Å²) in [4.78, 5) is 0.793. The van der Waals surface area contributed by atoms with Gasteiger partial charge < -0.3 is 5.11 Å². The molecule has 0 saturated heterocycles. The zero-order valence-electron chi connectivity index (χ0n) is 12.3. The maximum absolute atomic E-state index is 11.8. The molecule has 1 aromatic carbocycles. The molecule has 0 aliphatic heterocycles. The Morgan fingerprint density at radius 3 is 2.20 bits per heavy atom. The lowest BCUT2D eigenvalue weighted by Gasteiger charge is -2.36. The van der Waals surface area contributed by atoms with Crippen molar-refractivity contribution in [1.82, 2.24) is 0 Å². The topological polar surface area (TPSA) is 72.8 Å². The number of hydrogen-bond acceptors (Lipinski definition) is 5. The van der Waals surface area contributed by atoms with E-state index in [9.17, 15) is 13.5 Å². The van der Waals surface area contributed by atoms with Crippen LogP contribution < -0.4 is 0 Å². The molecule has 0 atom stereocenters. The van der Waals surface area contributed by atoms with Gasteiger partial charge in [-0.1, -0.05) is 24.2 Å². The Balaban J connectivity index is 3.24. The molecule has 1 aromatic rings. The predicted molar refractivity (Wildman–Crippen MR) is 81.4 cm³/mol. The molecule has 1 N–H and O–H groups in total. The van der Waals surface area contributed by atoms with Crippen molar-refractivity contribution in [3.05, 3.63) is 23.8 Å². The van der Waals surface area contributed by atoms with Crippen LogP contribution in [0.4, 0.5) is 0 Å². The summed E-state index contributed by atoms with van der Waals surface area (Å²) in [7, 11) is -6.00. The van der Waals surface area contributed by atoms with Crippen LogP contribution in [0.1, 0.15) is 26.3 Å². The van der Waals surface area contributed by atoms with E-state index in [1.54, 1.807) is 32.0 Å². The van der Waals surface area contributed by atoms with Crippen molar-refractivity contribution in [2.24, 2.45) is 0 Å². The standard InChI is InChI=1S/C13H22O5S2/c1-5-17-20(15,16)18-19(6-2,7-3)12-8-9-13(14)11(4)10-12/h8-10,14H,5-7H2,1-4H3. The first-order valence-corrected chi connectivity index (χ1v) is 9.72. The fraction of sp³-hybridized carbons (Fsp3) is 0.538. The maximum Gasteiger partial charge on any atom is 0.409 e. The van der Waals surface area contributed by atoms with Gasteiger partial charge in [-0.2, -0.15) is 12.0 Å². The van der Waals surface area contributed by atoms with Crippen molar-refractivity contribution < 1.29 is 21.3 Å². The first kappa shape index (κ1) is 17.3. The van der Waals surface area contributed by atoms with Gasteiger partial charge >= 0.3 is 10.4 Å². The molecule has 5 nitrogen and oxygen atoms in total. The molecule has 0 saturated carbocycles. The van der Waals surface area contributed by atoms with Crippen molar-refractivity contribution in [3.63, 3.8) is 0 Å². The highest BCUT2D eigenvalue weighted by molar-refractivity contribution is 8.32. The highest BCUT2D eigenvalue weighted by Gasteiger charge is 2.31. The summed E-state index contributed by atoms with van der Waals surface area (Å²) in [6.45, 7) is 7.19. The van der Waals surface area contributed by atoms with E-state index in [1.165, 1.54) is 0 Å². The van der Waals surface area contributed by atoms with Crippen LogP contribution in [0.25, 0.3) is 0 Å². The first-order valence-electron chi connectivity index (χ1n) is 6.49. The van der Waals surface area contributed by atoms with Crippen LogP contribution >= 0.6 is 10.3 Å². The van der Waals surface area contributed by atoms with Gasteiger partial charge in [0.1, 0.15) is 5.75 Å². The third-order valence-corrected chi connectivity index (χ3v) is 8.22. The molecule has 0 fully saturated rings. The minimum atomic E-state index is -4.01. The third-order valence-electron chi connectivity index (χ3n) is 3.01. The Bertz CT molecular complexity index is 550. The highest BCUT2D eigenvalue weighted by atomic mass is 32.3. The van der Waals surface area contributed by atoms with Crippen LogP contribution in [0.5, 0.6) is 5.75 Å². The van der Waals surface area contributed by atoms with Gasteiger partial charge in [0.2, 0.25) is 0 Å². The van der Waals surface area contributed by atoms with Gasteiger partial charge in [0.05, 0.1) is 6.61 Å². The van der Waals surface area contributed by atoms with E-state index in [4.69, 9.17) is 3.63 Å². The molecule has 0 spiro atoms. The van der Waals surface area contributed by atoms with E-state index in [0.717, 1.165) is 4.90 Å². The zero-order valence-corrected chi connectivity index (χ0v) is 13.9. The number of phenolic OH excluding ortho intramolecular Hbond substituents is 1. The summed E-state index contributed by atoms with van der Waals surface area (Å²) in [5.74, 6) is 1.29. The van der Waals surface area contributed by atoms with Gasteiger partial charge in [-0.25, -0.2) is 4.18 Å². The lowest BCUT2D eigenvalue weighted by atomic mass is 10.2. The minimum absolute atomic E-state index is 0.0416. The fourth-order valence-corrected chi connectivity index (χ4v) is 6.44. The third kappa shape index (κ3) is 3.88. The van der Waals surface area contributed by atoms with Crippen LogP contribution in [0.2, 0.25) is 0 Å². The Labute approximate surface area is 122 Å². The summed E-state index contributed by atoms with van der Waals surface area (Å²) < 4.78 is 33.7. The molecule has 0 aliphatic carbocycles. The molecule has 0 aliphatic rings. The molecule has 0 amide bonds. The van der Waals surface area contributed by atoms with Crippen molar-refractivity contribution in [1.29, 1.82) is 0 Å². The molecule has 0 aromatic heterocycles. The summed E-state index contributed by atoms with van der Waals surface area (Å²) in [5.41, 5.74) is 0.693. The monoisotopic (exact) mass is 322 g/mol. The molecule has 116 valence electrons. The zero-order chi connectivity index (χ0) is 15.4. The van der Waals surface area contributed by atoms with Crippen molar-refractivity contribution in [2.45, 2.75) is 32.6 Å². The van der Waals surface area contributed by atoms with E-state index in [0.29, 0.717) is 17.1 Å². The SMILES string of the molecule is CCOS(=O)(=O)OS(CC)(CC)c1ccc(O)c(C)c1. The summed E-state index contributed by atoms with van der Waals surface area (Å²) in [6.07, 6.45) is 0. The van der Waals surface area contributed by atoms with Crippen LogP contribution in [-0.4, -0.2) is 31.6 Å². The van der Waals surface area contributed by atoms with Crippen LogP contribution in [0.15, 0.2) is 23.1 Å². The van der Waals surface area contributed by atoms with Gasteiger partial charge in [-0.05, 0) is 37.6 Å². The number of phenols is 1. The van der Waals surface area contributed by atoms with E-state index >= 15 is 0 Å². The highest BCUT2D eigenvalue weighted by Crippen LogP contribution is 2.58. The molecule has 0 bridgehead atoms. The number of hydrogen-bond donors (Lipinski definition) is 1. The molecule has 20 heavy (non-hydrogen) atoms. The predicted octanol–water partition coefficient (Wildman–Crippen LogP) is 3.12. The van der Waals surface area contributed by atoms with Crippen molar-refractivity contribution >= 4 is 20.7 Å².